The highest BCUT2D eigenvalue weighted by atomic mass is 19.3. The molecule has 0 aromatic heterocycles. The van der Waals surface area contributed by atoms with Gasteiger partial charge in [0.15, 0.2) is 6.61 Å². The fourth-order valence-electron chi connectivity index (χ4n) is 3.02. The van der Waals surface area contributed by atoms with Crippen LogP contribution >= 0.6 is 0 Å². The minimum atomic E-state index is -2.92. The maximum atomic E-state index is 12.1. The first-order valence-electron chi connectivity index (χ1n) is 8.38. The molecule has 1 aromatic carbocycles. The van der Waals surface area contributed by atoms with Crippen LogP contribution < -0.4 is 10.1 Å². The summed E-state index contributed by atoms with van der Waals surface area (Å²) in [5, 5.41) is 2.92. The molecule has 0 bridgehead atoms. The van der Waals surface area contributed by atoms with E-state index in [4.69, 9.17) is 4.74 Å². The lowest BCUT2D eigenvalue weighted by molar-refractivity contribution is -0.125. The van der Waals surface area contributed by atoms with Gasteiger partial charge < -0.3 is 14.8 Å². The smallest absolute Gasteiger partial charge is 0.387 e. The molecule has 25 heavy (non-hydrogen) atoms. The Kier molecular flexibility index (Phi) is 6.73. The number of carbonyl (C=O) groups is 2. The van der Waals surface area contributed by atoms with E-state index >= 15 is 0 Å². The SMILES string of the molecule is C[C@@H]1[C@H](C)CCC[C@@H]1NC(=O)COC(=O)c1ccc(OC(F)F)cc1. The number of ether oxygens (including phenoxy) is 2. The molecule has 5 nitrogen and oxygen atoms in total. The first-order valence-corrected chi connectivity index (χ1v) is 8.38. The third-order valence-electron chi connectivity index (χ3n) is 4.70. The van der Waals surface area contributed by atoms with Gasteiger partial charge in [-0.3, -0.25) is 4.79 Å². The fourth-order valence-corrected chi connectivity index (χ4v) is 3.02. The third-order valence-corrected chi connectivity index (χ3v) is 4.70. The number of halogens is 2. The van der Waals surface area contributed by atoms with Gasteiger partial charge in [-0.05, 0) is 42.5 Å². The Bertz CT molecular complexity index is 591. The van der Waals surface area contributed by atoms with E-state index in [1.54, 1.807) is 0 Å². The van der Waals surface area contributed by atoms with Crippen LogP contribution in [-0.4, -0.2) is 31.1 Å². The molecule has 1 N–H and O–H groups in total. The second kappa shape index (κ2) is 8.78. The van der Waals surface area contributed by atoms with Crippen molar-refractivity contribution in [2.75, 3.05) is 6.61 Å². The zero-order valence-corrected chi connectivity index (χ0v) is 14.3. The van der Waals surface area contributed by atoms with Gasteiger partial charge in [-0.1, -0.05) is 26.7 Å². The van der Waals surface area contributed by atoms with Crippen molar-refractivity contribution >= 4 is 11.9 Å². The molecule has 1 amide bonds. The van der Waals surface area contributed by atoms with Crippen LogP contribution in [0.2, 0.25) is 0 Å². The maximum Gasteiger partial charge on any atom is 0.387 e. The summed E-state index contributed by atoms with van der Waals surface area (Å²) in [6.45, 7) is 0.992. The van der Waals surface area contributed by atoms with Crippen molar-refractivity contribution in [2.24, 2.45) is 11.8 Å². The van der Waals surface area contributed by atoms with Gasteiger partial charge in [-0.15, -0.1) is 0 Å². The number of benzene rings is 1. The molecule has 0 aliphatic heterocycles. The van der Waals surface area contributed by atoms with E-state index in [2.05, 4.69) is 23.9 Å². The lowest BCUT2D eigenvalue weighted by atomic mass is 9.78. The third kappa shape index (κ3) is 5.69. The summed E-state index contributed by atoms with van der Waals surface area (Å²) in [6.07, 6.45) is 3.16. The van der Waals surface area contributed by atoms with Gasteiger partial charge in [0.05, 0.1) is 5.56 Å². The molecule has 1 fully saturated rings. The molecule has 1 aliphatic carbocycles. The molecule has 0 spiro atoms. The van der Waals surface area contributed by atoms with Crippen LogP contribution in [0.4, 0.5) is 8.78 Å². The molecule has 0 radical (unpaired) electrons. The van der Waals surface area contributed by atoms with Crippen LogP contribution in [-0.2, 0) is 9.53 Å². The van der Waals surface area contributed by atoms with E-state index in [9.17, 15) is 18.4 Å². The van der Waals surface area contributed by atoms with Gasteiger partial charge in [0, 0.05) is 6.04 Å². The largest absolute Gasteiger partial charge is 0.452 e. The van der Waals surface area contributed by atoms with Crippen LogP contribution in [0.25, 0.3) is 0 Å². The summed E-state index contributed by atoms with van der Waals surface area (Å²) in [5.41, 5.74) is 0.161. The van der Waals surface area contributed by atoms with Crippen molar-refractivity contribution < 1.29 is 27.8 Å². The molecule has 1 aliphatic rings. The van der Waals surface area contributed by atoms with Crippen LogP contribution in [0, 0.1) is 11.8 Å². The van der Waals surface area contributed by atoms with E-state index in [1.807, 2.05) is 0 Å². The van der Waals surface area contributed by atoms with Crippen LogP contribution in [0.5, 0.6) is 5.75 Å². The summed E-state index contributed by atoms with van der Waals surface area (Å²) in [6, 6.07) is 5.20. The summed E-state index contributed by atoms with van der Waals surface area (Å²) in [5.74, 6) is -0.142. The summed E-state index contributed by atoms with van der Waals surface area (Å²) in [4.78, 5) is 23.9. The normalized spacial score (nSPS) is 23.2. The van der Waals surface area contributed by atoms with Crippen molar-refractivity contribution in [1.29, 1.82) is 0 Å². The Morgan fingerprint density at radius 1 is 1.20 bits per heavy atom. The van der Waals surface area contributed by atoms with Crippen molar-refractivity contribution in [2.45, 2.75) is 45.8 Å². The second-order valence-electron chi connectivity index (χ2n) is 6.42. The lowest BCUT2D eigenvalue weighted by Crippen LogP contribution is -2.45. The molecule has 0 heterocycles. The number of hydrogen-bond donors (Lipinski definition) is 1. The highest BCUT2D eigenvalue weighted by Gasteiger charge is 2.28. The summed E-state index contributed by atoms with van der Waals surface area (Å²) in [7, 11) is 0. The summed E-state index contributed by atoms with van der Waals surface area (Å²) >= 11 is 0. The van der Waals surface area contributed by atoms with Gasteiger partial charge in [0.25, 0.3) is 5.91 Å². The van der Waals surface area contributed by atoms with E-state index in [-0.39, 0.29) is 29.9 Å². The topological polar surface area (TPSA) is 64.6 Å². The molecule has 7 heteroatoms. The number of carbonyl (C=O) groups excluding carboxylic acids is 2. The number of rotatable bonds is 6. The lowest BCUT2D eigenvalue weighted by Gasteiger charge is -2.34. The Morgan fingerprint density at radius 2 is 1.88 bits per heavy atom. The number of esters is 1. The van der Waals surface area contributed by atoms with E-state index in [0.29, 0.717) is 11.8 Å². The highest BCUT2D eigenvalue weighted by Crippen LogP contribution is 2.29. The summed E-state index contributed by atoms with van der Waals surface area (Å²) < 4.78 is 33.3. The minimum Gasteiger partial charge on any atom is -0.452 e. The van der Waals surface area contributed by atoms with Crippen molar-refractivity contribution in [3.8, 4) is 5.75 Å². The second-order valence-corrected chi connectivity index (χ2v) is 6.42. The standard InChI is InChI=1S/C18H23F2NO4/c1-11-4-3-5-15(12(11)2)21-16(22)10-24-17(23)13-6-8-14(9-7-13)25-18(19)20/h6-9,11-12,15,18H,3-5,10H2,1-2H3,(H,21,22)/t11-,12-,15+/m1/s1. The average molecular weight is 355 g/mol. The monoisotopic (exact) mass is 355 g/mol. The molecule has 0 saturated heterocycles. The number of alkyl halides is 2. The zero-order valence-electron chi connectivity index (χ0n) is 14.3. The van der Waals surface area contributed by atoms with Gasteiger partial charge >= 0.3 is 12.6 Å². The first-order chi connectivity index (χ1) is 11.9. The van der Waals surface area contributed by atoms with Crippen molar-refractivity contribution in [1.82, 2.24) is 5.32 Å². The van der Waals surface area contributed by atoms with Gasteiger partial charge in [0.1, 0.15) is 5.75 Å². The van der Waals surface area contributed by atoms with Crippen molar-refractivity contribution in [3.05, 3.63) is 29.8 Å². The molecular formula is C18H23F2NO4. The van der Waals surface area contributed by atoms with Gasteiger partial charge in [-0.25, -0.2) is 4.79 Å². The molecule has 1 saturated carbocycles. The molecule has 2 rings (SSSR count). The Hall–Kier alpha value is -2.18. The predicted molar refractivity (Wildman–Crippen MR) is 87.5 cm³/mol. The zero-order chi connectivity index (χ0) is 18.4. The van der Waals surface area contributed by atoms with E-state index in [0.717, 1.165) is 19.3 Å². The number of amides is 1. The van der Waals surface area contributed by atoms with E-state index < -0.39 is 12.6 Å². The van der Waals surface area contributed by atoms with Crippen LogP contribution in [0.3, 0.4) is 0 Å². The molecule has 3 atom stereocenters. The Labute approximate surface area is 145 Å². The van der Waals surface area contributed by atoms with Crippen molar-refractivity contribution in [3.63, 3.8) is 0 Å². The van der Waals surface area contributed by atoms with Crippen LogP contribution in [0.1, 0.15) is 43.5 Å². The molecule has 1 aromatic rings. The Morgan fingerprint density at radius 3 is 2.52 bits per heavy atom. The van der Waals surface area contributed by atoms with Gasteiger partial charge in [-0.2, -0.15) is 8.78 Å². The van der Waals surface area contributed by atoms with Crippen LogP contribution in [0.15, 0.2) is 24.3 Å². The maximum absolute atomic E-state index is 12.1. The van der Waals surface area contributed by atoms with Gasteiger partial charge in [0.2, 0.25) is 0 Å². The molecule has 138 valence electrons. The number of nitrogens with one attached hydrogen (secondary N) is 1. The number of hydrogen-bond acceptors (Lipinski definition) is 4. The highest BCUT2D eigenvalue weighted by molar-refractivity contribution is 5.91. The Balaban J connectivity index is 1.80. The van der Waals surface area contributed by atoms with E-state index in [1.165, 1.54) is 24.3 Å². The fraction of sp³-hybridized carbons (Fsp3) is 0.556. The predicted octanol–water partition coefficient (Wildman–Crippen LogP) is 3.39. The average Bonchev–Trinajstić information content (AvgIpc) is 2.57. The quantitative estimate of drug-likeness (QED) is 0.795. The first kappa shape index (κ1) is 19.1. The molecule has 0 unspecified atom stereocenters. The minimum absolute atomic E-state index is 0.0512. The molecular weight excluding hydrogens is 332 g/mol.